The number of carbonyl (C=O) groups is 1. The van der Waals surface area contributed by atoms with Crippen LogP contribution in [0.5, 0.6) is 0 Å². The number of likely N-dealkylation sites (tertiary alicyclic amines) is 1. The normalized spacial score (nSPS) is 16.5. The molecule has 1 aliphatic heterocycles. The Bertz CT molecular complexity index is 441. The van der Waals surface area contributed by atoms with E-state index in [1.807, 2.05) is 46.6 Å². The van der Waals surface area contributed by atoms with Gasteiger partial charge in [0.05, 0.1) is 6.61 Å². The molecule has 1 saturated heterocycles. The molecule has 1 rings (SSSR count). The van der Waals surface area contributed by atoms with Crippen LogP contribution in [-0.4, -0.2) is 80.4 Å². The van der Waals surface area contributed by atoms with Gasteiger partial charge in [0, 0.05) is 46.4 Å². The molecular formula is C19H38N4O3. The molecule has 1 heterocycles. The summed E-state index contributed by atoms with van der Waals surface area (Å²) in [6.07, 6.45) is 1.88. The van der Waals surface area contributed by atoms with Crippen LogP contribution in [-0.2, 0) is 9.47 Å². The van der Waals surface area contributed by atoms with Gasteiger partial charge < -0.3 is 24.6 Å². The topological polar surface area (TPSA) is 66.4 Å². The van der Waals surface area contributed by atoms with Gasteiger partial charge in [-0.1, -0.05) is 0 Å². The zero-order chi connectivity index (χ0) is 19.6. The van der Waals surface area contributed by atoms with E-state index in [0.717, 1.165) is 51.6 Å². The maximum Gasteiger partial charge on any atom is 0.410 e. The number of nitrogens with one attached hydrogen (secondary N) is 1. The van der Waals surface area contributed by atoms with Crippen molar-refractivity contribution < 1.29 is 14.3 Å². The summed E-state index contributed by atoms with van der Waals surface area (Å²) in [5, 5.41) is 3.35. The predicted molar refractivity (Wildman–Crippen MR) is 106 cm³/mol. The van der Waals surface area contributed by atoms with Crippen LogP contribution in [0.3, 0.4) is 0 Å². The highest BCUT2D eigenvalue weighted by Crippen LogP contribution is 2.20. The van der Waals surface area contributed by atoms with Gasteiger partial charge in [-0.25, -0.2) is 4.79 Å². The average Bonchev–Trinajstić information content (AvgIpc) is 2.59. The lowest BCUT2D eigenvalue weighted by Crippen LogP contribution is -2.48. The van der Waals surface area contributed by atoms with Gasteiger partial charge in [0.25, 0.3) is 0 Å². The van der Waals surface area contributed by atoms with Crippen LogP contribution in [0.4, 0.5) is 4.79 Å². The number of hydrogen-bond donors (Lipinski definition) is 1. The zero-order valence-corrected chi connectivity index (χ0v) is 17.5. The van der Waals surface area contributed by atoms with Crippen LogP contribution in [0.1, 0.15) is 47.5 Å². The Labute approximate surface area is 159 Å². The molecule has 0 unspecified atom stereocenters. The van der Waals surface area contributed by atoms with Gasteiger partial charge in [-0.2, -0.15) is 0 Å². The molecule has 0 bridgehead atoms. The summed E-state index contributed by atoms with van der Waals surface area (Å²) >= 11 is 0. The molecule has 1 aliphatic rings. The molecule has 0 radical (unpaired) electrons. The standard InChI is InChI=1S/C19H38N4O3/c1-7-22(18(24)26-19(3,4)5)15-16-9-12-23(13-10-16)17(20-6)21-11-14-25-8-2/h16H,7-15H2,1-6H3,(H,20,21). The van der Waals surface area contributed by atoms with Gasteiger partial charge in [0.1, 0.15) is 5.60 Å². The van der Waals surface area contributed by atoms with Gasteiger partial charge in [-0.05, 0) is 53.4 Å². The molecule has 0 atom stereocenters. The number of carbonyl (C=O) groups excluding carboxylic acids is 1. The number of nitrogens with zero attached hydrogens (tertiary/aromatic N) is 3. The van der Waals surface area contributed by atoms with Crippen LogP contribution in [0.25, 0.3) is 0 Å². The average molecular weight is 371 g/mol. The number of ether oxygens (including phenoxy) is 2. The molecule has 7 heteroatoms. The van der Waals surface area contributed by atoms with Crippen molar-refractivity contribution in [3.05, 3.63) is 0 Å². The van der Waals surface area contributed by atoms with Crippen molar-refractivity contribution >= 4 is 12.1 Å². The summed E-state index contributed by atoms with van der Waals surface area (Å²) in [5.74, 6) is 1.43. The van der Waals surface area contributed by atoms with Crippen LogP contribution in [0.2, 0.25) is 0 Å². The monoisotopic (exact) mass is 370 g/mol. The van der Waals surface area contributed by atoms with E-state index in [1.54, 1.807) is 0 Å². The summed E-state index contributed by atoms with van der Waals surface area (Å²) in [6, 6.07) is 0. The largest absolute Gasteiger partial charge is 0.444 e. The highest BCUT2D eigenvalue weighted by molar-refractivity contribution is 5.79. The third-order valence-electron chi connectivity index (χ3n) is 4.37. The predicted octanol–water partition coefficient (Wildman–Crippen LogP) is 2.57. The molecule has 1 fully saturated rings. The second-order valence-electron chi connectivity index (χ2n) is 7.62. The van der Waals surface area contributed by atoms with Crippen molar-refractivity contribution in [2.75, 3.05) is 53.0 Å². The molecular weight excluding hydrogens is 332 g/mol. The number of rotatable bonds is 7. The lowest BCUT2D eigenvalue weighted by molar-refractivity contribution is 0.0214. The third kappa shape index (κ3) is 8.25. The van der Waals surface area contributed by atoms with Crippen LogP contribution in [0, 0.1) is 5.92 Å². The van der Waals surface area contributed by atoms with Crippen molar-refractivity contribution in [2.45, 2.75) is 53.1 Å². The SMILES string of the molecule is CCOCCNC(=NC)N1CCC(CN(CC)C(=O)OC(C)(C)C)CC1. The van der Waals surface area contributed by atoms with Crippen molar-refractivity contribution in [2.24, 2.45) is 10.9 Å². The van der Waals surface area contributed by atoms with Gasteiger partial charge in [0.2, 0.25) is 0 Å². The van der Waals surface area contributed by atoms with Gasteiger partial charge in [-0.15, -0.1) is 0 Å². The van der Waals surface area contributed by atoms with Crippen molar-refractivity contribution in [3.8, 4) is 0 Å². The molecule has 0 aliphatic carbocycles. The smallest absolute Gasteiger partial charge is 0.410 e. The Hall–Kier alpha value is -1.50. The Balaban J connectivity index is 2.43. The van der Waals surface area contributed by atoms with Gasteiger partial charge in [0.15, 0.2) is 5.96 Å². The number of amides is 1. The van der Waals surface area contributed by atoms with Crippen LogP contribution >= 0.6 is 0 Å². The Morgan fingerprint density at radius 3 is 2.42 bits per heavy atom. The van der Waals surface area contributed by atoms with E-state index in [2.05, 4.69) is 15.2 Å². The van der Waals surface area contributed by atoms with E-state index in [9.17, 15) is 4.79 Å². The highest BCUT2D eigenvalue weighted by atomic mass is 16.6. The third-order valence-corrected chi connectivity index (χ3v) is 4.37. The van der Waals surface area contributed by atoms with E-state index in [-0.39, 0.29) is 6.09 Å². The van der Waals surface area contributed by atoms with Gasteiger partial charge in [-0.3, -0.25) is 4.99 Å². The molecule has 0 aromatic rings. The number of hydrogen-bond acceptors (Lipinski definition) is 4. The summed E-state index contributed by atoms with van der Waals surface area (Å²) in [7, 11) is 1.82. The first-order valence-electron chi connectivity index (χ1n) is 9.82. The highest BCUT2D eigenvalue weighted by Gasteiger charge is 2.27. The van der Waals surface area contributed by atoms with E-state index in [0.29, 0.717) is 19.1 Å². The first-order chi connectivity index (χ1) is 12.3. The number of piperidine rings is 1. The van der Waals surface area contributed by atoms with E-state index >= 15 is 0 Å². The minimum absolute atomic E-state index is 0.212. The first kappa shape index (κ1) is 22.5. The number of aliphatic imine (C=N–C) groups is 1. The Morgan fingerprint density at radius 1 is 1.27 bits per heavy atom. The molecule has 26 heavy (non-hydrogen) atoms. The summed E-state index contributed by atoms with van der Waals surface area (Å²) in [5.41, 5.74) is -0.451. The van der Waals surface area contributed by atoms with Crippen LogP contribution in [0.15, 0.2) is 4.99 Å². The van der Waals surface area contributed by atoms with Gasteiger partial charge >= 0.3 is 6.09 Å². The molecule has 0 aromatic heterocycles. The zero-order valence-electron chi connectivity index (χ0n) is 17.5. The minimum Gasteiger partial charge on any atom is -0.444 e. The maximum atomic E-state index is 12.3. The molecule has 1 amide bonds. The fourth-order valence-electron chi connectivity index (χ4n) is 3.01. The van der Waals surface area contributed by atoms with Crippen LogP contribution < -0.4 is 5.32 Å². The van der Waals surface area contributed by atoms with E-state index < -0.39 is 5.60 Å². The molecule has 0 spiro atoms. The Kier molecular flexibility index (Phi) is 9.76. The molecule has 152 valence electrons. The summed E-state index contributed by atoms with van der Waals surface area (Å²) < 4.78 is 10.9. The summed E-state index contributed by atoms with van der Waals surface area (Å²) in [6.45, 7) is 15.2. The van der Waals surface area contributed by atoms with Crippen molar-refractivity contribution in [3.63, 3.8) is 0 Å². The Morgan fingerprint density at radius 2 is 1.92 bits per heavy atom. The van der Waals surface area contributed by atoms with Crippen molar-refractivity contribution in [1.82, 2.24) is 15.1 Å². The fraction of sp³-hybridized carbons (Fsp3) is 0.895. The summed E-state index contributed by atoms with van der Waals surface area (Å²) in [4.78, 5) is 20.8. The lowest BCUT2D eigenvalue weighted by Gasteiger charge is -2.36. The molecule has 7 nitrogen and oxygen atoms in total. The van der Waals surface area contributed by atoms with Crippen molar-refractivity contribution in [1.29, 1.82) is 0 Å². The second-order valence-corrected chi connectivity index (χ2v) is 7.62. The molecule has 0 saturated carbocycles. The minimum atomic E-state index is -0.451. The lowest BCUT2D eigenvalue weighted by atomic mass is 9.96. The van der Waals surface area contributed by atoms with E-state index in [4.69, 9.17) is 9.47 Å². The second kappa shape index (κ2) is 11.3. The quantitative estimate of drug-likeness (QED) is 0.424. The fourth-order valence-corrected chi connectivity index (χ4v) is 3.01. The molecule has 1 N–H and O–H groups in total. The number of guanidine groups is 1. The maximum absolute atomic E-state index is 12.3. The first-order valence-corrected chi connectivity index (χ1v) is 9.82. The van der Waals surface area contributed by atoms with E-state index in [1.165, 1.54) is 0 Å². The molecule has 0 aromatic carbocycles.